The van der Waals surface area contributed by atoms with E-state index in [0.717, 1.165) is 87.4 Å². The molecule has 0 atom stereocenters. The molecule has 0 aromatic heterocycles. The van der Waals surface area contributed by atoms with Crippen LogP contribution in [0.5, 0.6) is 0 Å². The zero-order chi connectivity index (χ0) is 61.0. The molecule has 440 valence electrons. The molecule has 0 aliphatic heterocycles. The number of anilines is 4. The van der Waals surface area contributed by atoms with Gasteiger partial charge < -0.3 is 39.5 Å². The van der Waals surface area contributed by atoms with Crippen molar-refractivity contribution in [1.29, 1.82) is 0 Å². The zero-order valence-electron chi connectivity index (χ0n) is 49.1. The van der Waals surface area contributed by atoms with Gasteiger partial charge in [0.15, 0.2) is 28.6 Å². The highest BCUT2D eigenvalue weighted by atomic mass is 31.2. The third-order valence-electron chi connectivity index (χ3n) is 16.7. The monoisotopic (exact) mass is 1240 g/mol. The minimum Gasteiger partial charge on any atom is -0.377 e. The van der Waals surface area contributed by atoms with E-state index in [9.17, 15) is 0 Å². The van der Waals surface area contributed by atoms with Crippen molar-refractivity contribution >= 4 is 93.8 Å². The lowest BCUT2D eigenvalue weighted by Gasteiger charge is -2.37. The smallest absolute Gasteiger partial charge is 0.161 e. The minimum absolute atomic E-state index is 0.202. The quantitative estimate of drug-likeness (QED) is 0.0349. The van der Waals surface area contributed by atoms with Crippen molar-refractivity contribution in [3.8, 4) is 0 Å². The fourth-order valence-electron chi connectivity index (χ4n) is 11.8. The Kier molecular flexibility index (Phi) is 18.2. The van der Waals surface area contributed by atoms with Crippen molar-refractivity contribution < 1.29 is 18.3 Å². The summed E-state index contributed by atoms with van der Waals surface area (Å²) in [5.41, 5.74) is 6.02. The number of benzene rings is 12. The van der Waals surface area contributed by atoms with Crippen molar-refractivity contribution in [3.05, 3.63) is 362 Å². The van der Waals surface area contributed by atoms with E-state index >= 15 is 18.3 Å². The Balaban J connectivity index is 0.957. The summed E-state index contributed by atoms with van der Waals surface area (Å²) in [6.45, 7) is 0. The third kappa shape index (κ3) is 12.8. The Labute approximate surface area is 522 Å². The van der Waals surface area contributed by atoms with E-state index in [0.29, 0.717) is 0 Å². The Hall–Kier alpha value is -9.24. The molecule has 0 spiro atoms. The molecule has 8 nitrogen and oxygen atoms in total. The summed E-state index contributed by atoms with van der Waals surface area (Å²) in [5, 5.41) is 20.6. The normalized spacial score (nSPS) is 12.0. The number of hydrogen-bond acceptors (Lipinski definition) is 8. The molecule has 4 N–H and O–H groups in total. The van der Waals surface area contributed by atoms with Crippen molar-refractivity contribution in [2.45, 2.75) is 5.41 Å². The van der Waals surface area contributed by atoms with Gasteiger partial charge in [-0.1, -0.05) is 291 Å². The molecule has 0 unspecified atom stereocenters. The van der Waals surface area contributed by atoms with E-state index in [1.54, 1.807) is 0 Å². The Morgan fingerprint density at radius 1 is 0.191 bits per heavy atom. The van der Waals surface area contributed by atoms with Crippen LogP contribution in [0, 0.1) is 0 Å². The first-order chi connectivity index (χ1) is 43.6. The molecule has 0 saturated heterocycles. The lowest BCUT2D eigenvalue weighted by molar-refractivity contribution is 0.587. The summed E-state index contributed by atoms with van der Waals surface area (Å²) < 4.78 is 61.1. The SMILES string of the molecule is O=P(CNc1ccc(C(c2ccc(NCP(=O)(c3ccccc3)c3ccccc3)cc2)(c2ccc(NCP(=O)(c3ccccc3)c3ccccc3)cc2)c2ccc(NCP(=O)(c3ccccc3)c3ccccc3)cc2)cc1)(c1ccccc1)c1ccccc1. The molecule has 0 saturated carbocycles. The molecule has 12 aromatic carbocycles. The maximum atomic E-state index is 15.3. The van der Waals surface area contributed by atoms with Crippen LogP contribution < -0.4 is 63.7 Å². The van der Waals surface area contributed by atoms with Crippen molar-refractivity contribution in [2.75, 3.05) is 46.4 Å². The van der Waals surface area contributed by atoms with Crippen molar-refractivity contribution in [3.63, 3.8) is 0 Å². The van der Waals surface area contributed by atoms with E-state index < -0.39 is 34.0 Å². The molecule has 0 bridgehead atoms. The molecule has 12 heteroatoms. The second-order valence-corrected chi connectivity index (χ2v) is 33.4. The van der Waals surface area contributed by atoms with E-state index in [4.69, 9.17) is 0 Å². The van der Waals surface area contributed by atoms with Crippen LogP contribution in [-0.4, -0.2) is 25.1 Å². The average molecular weight is 1240 g/mol. The highest BCUT2D eigenvalue weighted by Crippen LogP contribution is 2.50. The van der Waals surface area contributed by atoms with Crippen LogP contribution in [-0.2, 0) is 23.7 Å². The van der Waals surface area contributed by atoms with Crippen LogP contribution in [0.15, 0.2) is 340 Å². The van der Waals surface area contributed by atoms with Crippen LogP contribution in [0.1, 0.15) is 22.3 Å². The number of hydrogen-bond donors (Lipinski definition) is 4. The standard InChI is InChI=1S/C77H68N4O4P4/c82-86(69-25-9-1-10-26-69,70-27-11-2-12-28-70)57-78-65-49-41-61(42-50-65)77(62-43-51-66(52-44-62)79-58-87(83,71-29-13-3-14-30-71)72-31-15-4-16-32-72,63-45-53-67(54-46-63)80-59-88(84,73-33-17-5-18-34-73)74-35-19-6-20-36-74)64-47-55-68(56-48-64)81-60-89(85,75-37-21-7-22-38-75)76-39-23-8-24-40-76/h1-56,78-81H,57-60H2. The second kappa shape index (κ2) is 27.0. The molecule has 0 aliphatic carbocycles. The Morgan fingerprint density at radius 2 is 0.326 bits per heavy atom. The lowest BCUT2D eigenvalue weighted by Crippen LogP contribution is -2.31. The van der Waals surface area contributed by atoms with E-state index in [2.05, 4.69) is 118 Å². The second-order valence-electron chi connectivity index (χ2n) is 22.0. The Morgan fingerprint density at radius 3 is 0.461 bits per heavy atom. The summed E-state index contributed by atoms with van der Waals surface area (Å²) in [4.78, 5) is 0. The van der Waals surface area contributed by atoms with Crippen LogP contribution in [0.2, 0.25) is 0 Å². The molecule has 12 aromatic rings. The van der Waals surface area contributed by atoms with Crippen LogP contribution in [0.4, 0.5) is 22.7 Å². The molecule has 12 rings (SSSR count). The van der Waals surface area contributed by atoms with Gasteiger partial charge >= 0.3 is 0 Å². The largest absolute Gasteiger partial charge is 0.377 e. The Bertz CT molecular complexity index is 3690. The molecular weight excluding hydrogens is 1170 g/mol. The summed E-state index contributed by atoms with van der Waals surface area (Å²) in [7, 11) is -12.5. The van der Waals surface area contributed by atoms with Gasteiger partial charge in [0.05, 0.1) is 30.6 Å². The van der Waals surface area contributed by atoms with Gasteiger partial charge in [-0.25, -0.2) is 0 Å². The minimum atomic E-state index is -3.13. The molecule has 89 heavy (non-hydrogen) atoms. The highest BCUT2D eigenvalue weighted by molar-refractivity contribution is 7.80. The number of nitrogens with one attached hydrogen (secondary N) is 4. The van der Waals surface area contributed by atoms with Gasteiger partial charge in [-0.15, -0.1) is 0 Å². The zero-order valence-corrected chi connectivity index (χ0v) is 52.7. The first kappa shape index (κ1) is 60.1. The topological polar surface area (TPSA) is 116 Å². The number of rotatable bonds is 24. The van der Waals surface area contributed by atoms with Crippen molar-refractivity contribution in [1.82, 2.24) is 0 Å². The summed E-state index contributed by atoms with van der Waals surface area (Å²) in [6, 6.07) is 111. The maximum absolute atomic E-state index is 15.3. The van der Waals surface area contributed by atoms with Gasteiger partial charge in [0.1, 0.15) is 0 Å². The first-order valence-electron chi connectivity index (χ1n) is 29.8. The molecular formula is C77H68N4O4P4. The van der Waals surface area contributed by atoms with Gasteiger partial charge in [-0.2, -0.15) is 0 Å². The highest BCUT2D eigenvalue weighted by Gasteiger charge is 2.39. The summed E-state index contributed by atoms with van der Waals surface area (Å²) >= 11 is 0. The lowest BCUT2D eigenvalue weighted by atomic mass is 9.65. The molecule has 0 radical (unpaired) electrons. The van der Waals surface area contributed by atoms with E-state index in [1.807, 2.05) is 243 Å². The predicted molar refractivity (Wildman–Crippen MR) is 378 cm³/mol. The fraction of sp³-hybridized carbons (Fsp3) is 0.0649. The molecule has 0 aliphatic rings. The van der Waals surface area contributed by atoms with Gasteiger partial charge in [0.25, 0.3) is 0 Å². The fourth-order valence-corrected chi connectivity index (χ4v) is 21.3. The van der Waals surface area contributed by atoms with Crippen molar-refractivity contribution in [2.24, 2.45) is 0 Å². The molecule has 0 amide bonds. The van der Waals surface area contributed by atoms with Gasteiger partial charge in [0.2, 0.25) is 0 Å². The van der Waals surface area contributed by atoms with Crippen LogP contribution in [0.25, 0.3) is 0 Å². The van der Waals surface area contributed by atoms with Crippen LogP contribution in [0.3, 0.4) is 0 Å². The van der Waals surface area contributed by atoms with Crippen LogP contribution >= 0.6 is 28.6 Å². The van der Waals surface area contributed by atoms with Gasteiger partial charge in [0, 0.05) is 65.2 Å². The van der Waals surface area contributed by atoms with E-state index in [-0.39, 0.29) is 25.1 Å². The first-order valence-corrected chi connectivity index (χ1v) is 37.3. The summed E-state index contributed by atoms with van der Waals surface area (Å²) in [6.07, 6.45) is 0.807. The van der Waals surface area contributed by atoms with E-state index in [1.165, 1.54) is 0 Å². The average Bonchev–Trinajstić information content (AvgIpc) is 1.71. The third-order valence-corrected chi connectivity index (χ3v) is 28.2. The molecule has 0 fully saturated rings. The maximum Gasteiger partial charge on any atom is 0.161 e. The van der Waals surface area contributed by atoms with Gasteiger partial charge in [-0.05, 0) is 70.8 Å². The van der Waals surface area contributed by atoms with Gasteiger partial charge in [-0.3, -0.25) is 0 Å². The molecule has 0 heterocycles. The summed E-state index contributed by atoms with van der Waals surface area (Å²) in [5.74, 6) is 0. The predicted octanol–water partition coefficient (Wildman–Crippen LogP) is 15.6.